The average Bonchev–Trinajstić information content (AvgIpc) is 3.35. The van der Waals surface area contributed by atoms with Gasteiger partial charge < -0.3 is 47.4 Å². The summed E-state index contributed by atoms with van der Waals surface area (Å²) in [6, 6.07) is 31.1. The molecule has 14 heteroatoms. The first kappa shape index (κ1) is 50.5. The van der Waals surface area contributed by atoms with Crippen LogP contribution in [0.1, 0.15) is 83.1 Å². The van der Waals surface area contributed by atoms with E-state index in [9.17, 15) is 19.2 Å². The maximum absolute atomic E-state index is 14.2. The van der Waals surface area contributed by atoms with Gasteiger partial charge >= 0.3 is 5.97 Å². The van der Waals surface area contributed by atoms with Crippen molar-refractivity contribution >= 4 is 51.2 Å². The molecule has 1 fully saturated rings. The molecule has 5 aromatic rings. The summed E-state index contributed by atoms with van der Waals surface area (Å²) in [6.45, 7) is 6.08. The molecule has 68 heavy (non-hydrogen) atoms. The molecule has 9 N–H and O–H groups in total. The Hall–Kier alpha value is -6.93. The summed E-state index contributed by atoms with van der Waals surface area (Å²) >= 11 is 0. The molecule has 0 bridgehead atoms. The fraction of sp³-hybridized carbons (Fsp3) is 0.389. The van der Waals surface area contributed by atoms with Gasteiger partial charge in [0.15, 0.2) is 12.6 Å². The summed E-state index contributed by atoms with van der Waals surface area (Å²) in [6.07, 6.45) is 9.26. The summed E-state index contributed by atoms with van der Waals surface area (Å²) < 4.78 is 18.8. The van der Waals surface area contributed by atoms with E-state index < -0.39 is 47.9 Å². The molecule has 1 saturated carbocycles. The van der Waals surface area contributed by atoms with Crippen molar-refractivity contribution in [1.29, 1.82) is 0 Å². The van der Waals surface area contributed by atoms with Gasteiger partial charge in [-0.1, -0.05) is 116 Å². The van der Waals surface area contributed by atoms with Crippen molar-refractivity contribution in [3.8, 4) is 22.6 Å². The Morgan fingerprint density at radius 2 is 1.35 bits per heavy atom. The third-order valence-corrected chi connectivity index (χ3v) is 12.4. The van der Waals surface area contributed by atoms with Crippen LogP contribution in [0.4, 0.5) is 0 Å². The van der Waals surface area contributed by atoms with Gasteiger partial charge in [-0.2, -0.15) is 0 Å². The zero-order valence-electron chi connectivity index (χ0n) is 39.2. The van der Waals surface area contributed by atoms with E-state index in [0.717, 1.165) is 56.8 Å². The van der Waals surface area contributed by atoms with Gasteiger partial charge in [0, 0.05) is 17.7 Å². The van der Waals surface area contributed by atoms with Crippen molar-refractivity contribution < 1.29 is 33.4 Å². The van der Waals surface area contributed by atoms with Crippen LogP contribution in [0.5, 0.6) is 11.5 Å². The van der Waals surface area contributed by atoms with Crippen LogP contribution in [0.25, 0.3) is 32.7 Å². The van der Waals surface area contributed by atoms with E-state index in [0.29, 0.717) is 44.1 Å². The minimum Gasteiger partial charge on any atom is -0.493 e. The van der Waals surface area contributed by atoms with Gasteiger partial charge in [0.1, 0.15) is 35.7 Å². The molecule has 0 radical (unpaired) electrons. The number of nitrogens with two attached hydrogens (primary N) is 3. The van der Waals surface area contributed by atoms with Crippen LogP contribution in [0.2, 0.25) is 0 Å². The van der Waals surface area contributed by atoms with Crippen LogP contribution >= 0.6 is 0 Å². The number of nitrogens with zero attached hydrogens (tertiary/aromatic N) is 1. The molecular weight excluding hydrogens is 859 g/mol. The summed E-state index contributed by atoms with van der Waals surface area (Å²) in [5, 5.41) is 12.5. The van der Waals surface area contributed by atoms with Crippen molar-refractivity contribution in [3.05, 3.63) is 121 Å². The number of aliphatic imine (C=N–C) groups is 1. The number of unbranched alkanes of at least 4 members (excludes halogenated alkanes) is 1. The van der Waals surface area contributed by atoms with Crippen LogP contribution in [0.3, 0.4) is 0 Å². The molecule has 360 valence electrons. The van der Waals surface area contributed by atoms with Crippen LogP contribution in [-0.4, -0.2) is 73.6 Å². The number of rotatable bonds is 25. The molecule has 3 amide bonds. The van der Waals surface area contributed by atoms with Gasteiger partial charge in [-0.15, -0.1) is 6.58 Å². The molecule has 5 aromatic carbocycles. The first-order chi connectivity index (χ1) is 33.0. The van der Waals surface area contributed by atoms with E-state index in [2.05, 4.69) is 45.7 Å². The minimum atomic E-state index is -1.52. The predicted octanol–water partition coefficient (Wildman–Crippen LogP) is 7.34. The second-order valence-corrected chi connectivity index (χ2v) is 17.7. The average molecular weight is 926 g/mol. The number of carbonyl (C=O) groups is 4. The van der Waals surface area contributed by atoms with Crippen molar-refractivity contribution in [2.75, 3.05) is 26.3 Å². The van der Waals surface area contributed by atoms with E-state index in [1.807, 2.05) is 84.9 Å². The maximum Gasteiger partial charge on any atom is 0.332 e. The monoisotopic (exact) mass is 926 g/mol. The lowest BCUT2D eigenvalue weighted by Gasteiger charge is -2.30. The Labute approximate surface area is 399 Å². The van der Waals surface area contributed by atoms with Crippen molar-refractivity contribution in [2.45, 2.75) is 102 Å². The van der Waals surface area contributed by atoms with E-state index in [4.69, 9.17) is 31.4 Å². The largest absolute Gasteiger partial charge is 0.493 e. The number of hydrogen-bond donors (Lipinski definition) is 6. The van der Waals surface area contributed by atoms with Crippen molar-refractivity contribution in [1.82, 2.24) is 16.0 Å². The number of carbonyl (C=O) groups excluding carboxylic acids is 4. The SMILES string of the molecule is C=CC[C@@](C)(NC(=O)[C@@H](CCCN=C(N)N)NC(=O)[C@@H](CCCCN)NC(=O)COc1ccc2ccccc2c1-c1c(OCC2CCCCC2)ccc2ccccc12)C(=O)OCc1ccccc1. The van der Waals surface area contributed by atoms with E-state index in [1.54, 1.807) is 6.92 Å². The molecular formula is C54H67N7O7. The van der Waals surface area contributed by atoms with Gasteiger partial charge in [-0.25, -0.2) is 4.79 Å². The van der Waals surface area contributed by atoms with Crippen LogP contribution in [-0.2, 0) is 30.5 Å². The highest BCUT2D eigenvalue weighted by Gasteiger charge is 2.38. The topological polar surface area (TPSA) is 222 Å². The molecule has 0 heterocycles. The van der Waals surface area contributed by atoms with E-state index >= 15 is 0 Å². The quantitative estimate of drug-likeness (QED) is 0.0112. The molecule has 0 spiro atoms. The third kappa shape index (κ3) is 14.0. The first-order valence-corrected chi connectivity index (χ1v) is 23.8. The fourth-order valence-electron chi connectivity index (χ4n) is 8.72. The zero-order chi connectivity index (χ0) is 48.3. The zero-order valence-corrected chi connectivity index (χ0v) is 39.2. The number of amides is 3. The molecule has 1 aliphatic carbocycles. The number of fused-ring (bicyclic) bond motifs is 2. The molecule has 6 rings (SSSR count). The van der Waals surface area contributed by atoms with Crippen LogP contribution < -0.4 is 42.6 Å². The maximum atomic E-state index is 14.2. The Kier molecular flexibility index (Phi) is 18.8. The number of nitrogens with one attached hydrogen (secondary N) is 3. The third-order valence-electron chi connectivity index (χ3n) is 12.4. The lowest BCUT2D eigenvalue weighted by molar-refractivity contribution is -0.154. The van der Waals surface area contributed by atoms with Crippen molar-refractivity contribution in [2.24, 2.45) is 28.1 Å². The van der Waals surface area contributed by atoms with Crippen LogP contribution in [0.15, 0.2) is 121 Å². The molecule has 0 unspecified atom stereocenters. The van der Waals surface area contributed by atoms with Gasteiger partial charge in [-0.05, 0) is 110 Å². The highest BCUT2D eigenvalue weighted by molar-refractivity contribution is 6.10. The second kappa shape index (κ2) is 25.3. The lowest BCUT2D eigenvalue weighted by Crippen LogP contribution is -2.60. The predicted molar refractivity (Wildman–Crippen MR) is 269 cm³/mol. The summed E-state index contributed by atoms with van der Waals surface area (Å²) in [5.74, 6) is -0.883. The standard InChI is InChI=1S/C54H67N7O7/c1-3-31-54(2,52(65)68-35-38-19-8-5-9-20-38)61-51(64)44(26-16-33-58-53(56)57)60-50(63)43(25-14-15-32-55)59-47(62)36-67-46-30-28-40-22-11-13-24-42(40)49(46)48-41-23-12-10-21-39(41)27-29-45(48)66-34-37-17-6-4-7-18-37/h3,5,8-13,19-24,27-30,37,43-44H,1,4,6-7,14-18,25-26,31-36,55H2,2H3,(H,59,62)(H,60,63)(H,61,64)(H4,56,57,58)/t43-,44-,54-/m1/s1. The number of benzene rings is 5. The number of hydrogen-bond acceptors (Lipinski definition) is 9. The Morgan fingerprint density at radius 1 is 0.750 bits per heavy atom. The van der Waals surface area contributed by atoms with E-state index in [1.165, 1.54) is 25.3 Å². The highest BCUT2D eigenvalue weighted by atomic mass is 16.5. The molecule has 0 saturated heterocycles. The fourth-order valence-corrected chi connectivity index (χ4v) is 8.72. The normalized spacial score (nSPS) is 14.4. The second-order valence-electron chi connectivity index (χ2n) is 17.7. The van der Waals surface area contributed by atoms with Gasteiger partial charge in [0.05, 0.1) is 6.61 Å². The summed E-state index contributed by atoms with van der Waals surface area (Å²) in [7, 11) is 0. The Balaban J connectivity index is 1.22. The smallest absolute Gasteiger partial charge is 0.332 e. The first-order valence-electron chi connectivity index (χ1n) is 23.8. The van der Waals surface area contributed by atoms with Gasteiger partial charge in [-0.3, -0.25) is 19.4 Å². The van der Waals surface area contributed by atoms with Gasteiger partial charge in [0.2, 0.25) is 11.8 Å². The van der Waals surface area contributed by atoms with Gasteiger partial charge in [0.25, 0.3) is 5.91 Å². The van der Waals surface area contributed by atoms with E-state index in [-0.39, 0.29) is 38.4 Å². The molecule has 1 aliphatic rings. The van der Waals surface area contributed by atoms with Crippen molar-refractivity contribution in [3.63, 3.8) is 0 Å². The summed E-state index contributed by atoms with van der Waals surface area (Å²) in [5.41, 5.74) is 17.9. The lowest BCUT2D eigenvalue weighted by atomic mass is 9.90. The molecule has 3 atom stereocenters. The Bertz CT molecular complexity index is 2520. The molecule has 14 nitrogen and oxygen atoms in total. The number of esters is 1. The summed E-state index contributed by atoms with van der Waals surface area (Å²) in [4.78, 5) is 59.9. The minimum absolute atomic E-state index is 0.00395. The molecule has 0 aromatic heterocycles. The Morgan fingerprint density at radius 3 is 1.99 bits per heavy atom. The molecule has 0 aliphatic heterocycles. The highest BCUT2D eigenvalue weighted by Crippen LogP contribution is 2.46. The number of guanidine groups is 1. The van der Waals surface area contributed by atoms with Crippen LogP contribution in [0, 0.1) is 5.92 Å². The number of ether oxygens (including phenoxy) is 3.